The monoisotopic (exact) mass is 399 g/mol. The zero-order valence-corrected chi connectivity index (χ0v) is 18.8. The van der Waals surface area contributed by atoms with Crippen LogP contribution in [-0.4, -0.2) is 24.0 Å². The second-order valence-electron chi connectivity index (χ2n) is 10.4. The molecule has 0 radical (unpaired) electrons. The highest BCUT2D eigenvalue weighted by Crippen LogP contribution is 2.62. The minimum absolute atomic E-state index is 0.0322. The number of Topliss-reactive ketones (excluding diaryl/α,β-unsaturated/α-hetero) is 1. The summed E-state index contributed by atoms with van der Waals surface area (Å²) in [4.78, 5) is 24.1. The number of hydrogen-bond donors (Lipinski definition) is 1. The van der Waals surface area contributed by atoms with Gasteiger partial charge < -0.3 is 10.1 Å². The lowest BCUT2D eigenvalue weighted by molar-refractivity contribution is -0.131. The minimum Gasteiger partial charge on any atom is -0.444 e. The summed E-state index contributed by atoms with van der Waals surface area (Å²) in [6.45, 7) is 10.6. The normalized spacial score (nSPS) is 34.1. The molecule has 0 bridgehead atoms. The molecule has 3 aliphatic carbocycles. The molecule has 4 nitrogen and oxygen atoms in total. The molecular weight excluding hydrogens is 362 g/mol. The summed E-state index contributed by atoms with van der Waals surface area (Å²) < 4.78 is 5.28. The van der Waals surface area contributed by atoms with Crippen molar-refractivity contribution in [3.8, 4) is 11.8 Å². The van der Waals surface area contributed by atoms with Gasteiger partial charge in [0.05, 0.1) is 5.41 Å². The van der Waals surface area contributed by atoms with Crippen molar-refractivity contribution in [3.05, 3.63) is 11.6 Å². The van der Waals surface area contributed by atoms with Crippen molar-refractivity contribution >= 4 is 11.9 Å². The molecule has 2 saturated carbocycles. The van der Waals surface area contributed by atoms with Gasteiger partial charge in [-0.1, -0.05) is 25.8 Å². The molecule has 4 heteroatoms. The molecule has 0 heterocycles. The smallest absolute Gasteiger partial charge is 0.407 e. The summed E-state index contributed by atoms with van der Waals surface area (Å²) in [5, 5.41) is 2.79. The Hall–Kier alpha value is -1.76. The van der Waals surface area contributed by atoms with E-state index in [-0.39, 0.29) is 22.8 Å². The first kappa shape index (κ1) is 21.9. The number of alkyl carbamates (subject to hydrolysis) is 1. The maximum absolute atomic E-state index is 12.3. The maximum atomic E-state index is 12.3. The molecule has 1 amide bonds. The van der Waals surface area contributed by atoms with E-state index in [0.717, 1.165) is 32.1 Å². The standard InChI is InChI=1S/C25H37NO3/c1-18-19-11-16-25(14-8-9-17-26-22(28)29-23(2,3)4)13-7-6-10-21(25)24(19,5)15-12-20(18)27/h10,18-19H,6-7,9,11-13,15-17H2,1-5H3,(H,26,28). The van der Waals surface area contributed by atoms with Crippen LogP contribution in [0.3, 0.4) is 0 Å². The van der Waals surface area contributed by atoms with Gasteiger partial charge in [0, 0.05) is 25.3 Å². The fraction of sp³-hybridized carbons (Fsp3) is 0.760. The van der Waals surface area contributed by atoms with Gasteiger partial charge in [0.1, 0.15) is 11.4 Å². The van der Waals surface area contributed by atoms with Crippen LogP contribution in [0.1, 0.15) is 86.0 Å². The number of carbonyl (C=O) groups is 2. The van der Waals surface area contributed by atoms with Gasteiger partial charge in [0.25, 0.3) is 0 Å². The van der Waals surface area contributed by atoms with E-state index in [0.29, 0.717) is 31.1 Å². The van der Waals surface area contributed by atoms with E-state index >= 15 is 0 Å². The Morgan fingerprint density at radius 1 is 1.31 bits per heavy atom. The molecule has 2 fully saturated rings. The van der Waals surface area contributed by atoms with Crippen molar-refractivity contribution < 1.29 is 14.3 Å². The van der Waals surface area contributed by atoms with E-state index in [2.05, 4.69) is 37.1 Å². The second kappa shape index (κ2) is 8.17. The van der Waals surface area contributed by atoms with Crippen LogP contribution >= 0.6 is 0 Å². The van der Waals surface area contributed by atoms with Crippen molar-refractivity contribution in [2.24, 2.45) is 22.7 Å². The van der Waals surface area contributed by atoms with Crippen LogP contribution in [0.15, 0.2) is 11.6 Å². The average molecular weight is 400 g/mol. The Kier molecular flexibility index (Phi) is 6.18. The molecule has 0 aromatic heterocycles. The van der Waals surface area contributed by atoms with Gasteiger partial charge in [-0.15, -0.1) is 5.92 Å². The Morgan fingerprint density at radius 2 is 2.07 bits per heavy atom. The molecule has 160 valence electrons. The number of allylic oxidation sites excluding steroid dienone is 2. The number of rotatable bonds is 2. The number of nitrogens with one attached hydrogen (secondary N) is 1. The van der Waals surface area contributed by atoms with Gasteiger partial charge in [-0.2, -0.15) is 0 Å². The molecule has 4 unspecified atom stereocenters. The molecule has 1 N–H and O–H groups in total. The summed E-state index contributed by atoms with van der Waals surface area (Å²) in [7, 11) is 0. The van der Waals surface area contributed by atoms with Crippen molar-refractivity contribution in [1.82, 2.24) is 5.32 Å². The number of fused-ring (bicyclic) bond motifs is 3. The molecule has 0 aliphatic heterocycles. The van der Waals surface area contributed by atoms with Gasteiger partial charge in [0.15, 0.2) is 0 Å². The van der Waals surface area contributed by atoms with E-state index in [9.17, 15) is 9.59 Å². The van der Waals surface area contributed by atoms with Crippen LogP contribution in [0.25, 0.3) is 0 Å². The fourth-order valence-electron chi connectivity index (χ4n) is 5.86. The highest BCUT2D eigenvalue weighted by atomic mass is 16.6. The predicted molar refractivity (Wildman–Crippen MR) is 115 cm³/mol. The number of ether oxygens (including phenoxy) is 1. The molecule has 0 aromatic carbocycles. The van der Waals surface area contributed by atoms with Gasteiger partial charge >= 0.3 is 6.09 Å². The van der Waals surface area contributed by atoms with E-state index in [4.69, 9.17) is 4.74 Å². The number of carbonyl (C=O) groups excluding carboxylic acids is 2. The maximum Gasteiger partial charge on any atom is 0.407 e. The third-order valence-corrected chi connectivity index (χ3v) is 7.24. The van der Waals surface area contributed by atoms with Crippen molar-refractivity contribution in [2.45, 2.75) is 91.6 Å². The molecule has 0 aromatic rings. The van der Waals surface area contributed by atoms with Crippen molar-refractivity contribution in [2.75, 3.05) is 6.54 Å². The van der Waals surface area contributed by atoms with Crippen LogP contribution < -0.4 is 5.32 Å². The first-order valence-corrected chi connectivity index (χ1v) is 11.3. The minimum atomic E-state index is -0.483. The summed E-state index contributed by atoms with van der Waals surface area (Å²) in [6.07, 6.45) is 9.95. The summed E-state index contributed by atoms with van der Waals surface area (Å²) in [6, 6.07) is 0. The third kappa shape index (κ3) is 4.55. The van der Waals surface area contributed by atoms with Gasteiger partial charge in [-0.05, 0) is 76.2 Å². The number of hydrogen-bond acceptors (Lipinski definition) is 3. The Morgan fingerprint density at radius 3 is 2.79 bits per heavy atom. The molecule has 4 atom stereocenters. The van der Waals surface area contributed by atoms with E-state index in [1.807, 2.05) is 20.8 Å². The van der Waals surface area contributed by atoms with Crippen molar-refractivity contribution in [3.63, 3.8) is 0 Å². The molecule has 29 heavy (non-hydrogen) atoms. The van der Waals surface area contributed by atoms with E-state index in [1.165, 1.54) is 12.0 Å². The Labute approximate surface area is 176 Å². The first-order chi connectivity index (χ1) is 13.6. The van der Waals surface area contributed by atoms with E-state index in [1.54, 1.807) is 0 Å². The fourth-order valence-corrected chi connectivity index (χ4v) is 5.86. The lowest BCUT2D eigenvalue weighted by Crippen LogP contribution is -2.50. The van der Waals surface area contributed by atoms with Crippen LogP contribution in [0, 0.1) is 34.5 Å². The zero-order chi connectivity index (χ0) is 21.3. The number of amides is 1. The van der Waals surface area contributed by atoms with Gasteiger partial charge in [0.2, 0.25) is 0 Å². The Balaban J connectivity index is 1.69. The lowest BCUT2D eigenvalue weighted by Gasteiger charge is -2.56. The summed E-state index contributed by atoms with van der Waals surface area (Å²) >= 11 is 0. The summed E-state index contributed by atoms with van der Waals surface area (Å²) in [5.41, 5.74) is 1.10. The van der Waals surface area contributed by atoms with Crippen LogP contribution in [-0.2, 0) is 9.53 Å². The second-order valence-corrected chi connectivity index (χ2v) is 10.4. The van der Waals surface area contributed by atoms with E-state index < -0.39 is 5.60 Å². The molecular formula is C25H37NO3. The highest BCUT2D eigenvalue weighted by Gasteiger charge is 2.55. The molecule has 3 aliphatic rings. The zero-order valence-electron chi connectivity index (χ0n) is 18.8. The van der Waals surface area contributed by atoms with Gasteiger partial charge in [-0.25, -0.2) is 4.79 Å². The SMILES string of the molecule is CC1C(=O)CCC2(C)C3=CCCCC3(C#CCCNC(=O)OC(C)(C)C)CCC12. The van der Waals surface area contributed by atoms with Gasteiger partial charge in [-0.3, -0.25) is 4.79 Å². The quantitative estimate of drug-likeness (QED) is 0.383. The topological polar surface area (TPSA) is 55.4 Å². The average Bonchev–Trinajstić information content (AvgIpc) is 2.63. The first-order valence-electron chi connectivity index (χ1n) is 11.3. The number of ketones is 1. The lowest BCUT2D eigenvalue weighted by atomic mass is 9.47. The predicted octanol–water partition coefficient (Wildman–Crippen LogP) is 5.42. The van der Waals surface area contributed by atoms with Crippen LogP contribution in [0.2, 0.25) is 0 Å². The van der Waals surface area contributed by atoms with Crippen LogP contribution in [0.5, 0.6) is 0 Å². The molecule has 0 spiro atoms. The Bertz CT molecular complexity index is 750. The van der Waals surface area contributed by atoms with Crippen LogP contribution in [0.4, 0.5) is 4.79 Å². The third-order valence-electron chi connectivity index (χ3n) is 7.24. The molecule has 3 rings (SSSR count). The van der Waals surface area contributed by atoms with Crippen molar-refractivity contribution in [1.29, 1.82) is 0 Å². The summed E-state index contributed by atoms with van der Waals surface area (Å²) in [5.74, 6) is 8.08. The molecule has 0 saturated heterocycles. The largest absolute Gasteiger partial charge is 0.444 e. The highest BCUT2D eigenvalue weighted by molar-refractivity contribution is 5.82.